The lowest BCUT2D eigenvalue weighted by atomic mass is 10.2. The average molecular weight is 389 g/mol. The highest BCUT2D eigenvalue weighted by atomic mass is 19.1. The highest BCUT2D eigenvalue weighted by molar-refractivity contribution is 5.94. The molecule has 0 N–H and O–H groups in total. The minimum atomic E-state index is -0.419. The number of methoxy groups -OCH3 is 1. The van der Waals surface area contributed by atoms with Gasteiger partial charge >= 0.3 is 5.97 Å². The molecule has 0 unspecified atom stereocenters. The van der Waals surface area contributed by atoms with E-state index in [0.29, 0.717) is 11.3 Å². The van der Waals surface area contributed by atoms with Crippen LogP contribution in [0.25, 0.3) is 0 Å². The lowest BCUT2D eigenvalue weighted by Gasteiger charge is -2.22. The van der Waals surface area contributed by atoms with Gasteiger partial charge in [-0.1, -0.05) is 0 Å². The summed E-state index contributed by atoms with van der Waals surface area (Å²) in [5.74, 6) is 0.255. The van der Waals surface area contributed by atoms with Gasteiger partial charge in [0.15, 0.2) is 0 Å². The van der Waals surface area contributed by atoms with Crippen LogP contribution in [-0.4, -0.2) is 50.2 Å². The molecule has 0 spiro atoms. The summed E-state index contributed by atoms with van der Waals surface area (Å²) in [6.45, 7) is 2.69. The minimum Gasteiger partial charge on any atom is -0.497 e. The van der Waals surface area contributed by atoms with Gasteiger partial charge in [0.25, 0.3) is 5.91 Å². The molecule has 2 aromatic carbocycles. The Kier molecular flexibility index (Phi) is 8.27. The molecule has 7 heteroatoms. The summed E-state index contributed by atoms with van der Waals surface area (Å²) < 4.78 is 28.8. The number of hydrogen-bond donors (Lipinski definition) is 0. The van der Waals surface area contributed by atoms with Gasteiger partial charge in [-0.25, -0.2) is 4.39 Å². The number of amides is 1. The lowest BCUT2D eigenvalue weighted by molar-refractivity contribution is -0.143. The molecule has 0 aliphatic heterocycles. The zero-order valence-electron chi connectivity index (χ0n) is 16.0. The number of carbonyl (C=O) groups excluding carboxylic acids is 2. The van der Waals surface area contributed by atoms with E-state index in [1.807, 2.05) is 0 Å². The van der Waals surface area contributed by atoms with Crippen molar-refractivity contribution >= 4 is 11.9 Å². The second-order valence-corrected chi connectivity index (χ2v) is 5.88. The van der Waals surface area contributed by atoms with Crippen molar-refractivity contribution in [3.05, 3.63) is 59.9 Å². The first-order valence-corrected chi connectivity index (χ1v) is 9.00. The van der Waals surface area contributed by atoms with Gasteiger partial charge in [0.05, 0.1) is 26.7 Å². The second-order valence-electron chi connectivity index (χ2n) is 5.88. The molecule has 0 aliphatic rings. The Morgan fingerprint density at radius 1 is 0.964 bits per heavy atom. The molecule has 1 amide bonds. The smallest absolute Gasteiger partial charge is 0.307 e. The molecule has 2 rings (SSSR count). The molecule has 0 saturated heterocycles. The zero-order valence-corrected chi connectivity index (χ0v) is 16.0. The fourth-order valence-electron chi connectivity index (χ4n) is 2.49. The number of ether oxygens (including phenoxy) is 3. The maximum Gasteiger partial charge on any atom is 0.307 e. The predicted molar refractivity (Wildman–Crippen MR) is 102 cm³/mol. The van der Waals surface area contributed by atoms with Crippen LogP contribution in [0.1, 0.15) is 23.7 Å². The Balaban J connectivity index is 1.98. The first kappa shape index (κ1) is 21.2. The highest BCUT2D eigenvalue weighted by Crippen LogP contribution is 2.17. The van der Waals surface area contributed by atoms with E-state index < -0.39 is 5.82 Å². The van der Waals surface area contributed by atoms with E-state index in [1.54, 1.807) is 38.3 Å². The van der Waals surface area contributed by atoms with Crippen molar-refractivity contribution in [2.45, 2.75) is 13.3 Å². The largest absolute Gasteiger partial charge is 0.497 e. The van der Waals surface area contributed by atoms with E-state index in [1.165, 1.54) is 29.2 Å². The second kappa shape index (κ2) is 10.9. The summed E-state index contributed by atoms with van der Waals surface area (Å²) in [7, 11) is 1.58. The van der Waals surface area contributed by atoms with Gasteiger partial charge in [-0.15, -0.1) is 0 Å². The van der Waals surface area contributed by atoms with Gasteiger partial charge in [0.2, 0.25) is 0 Å². The molecular weight excluding hydrogens is 365 g/mol. The van der Waals surface area contributed by atoms with Gasteiger partial charge in [0.1, 0.15) is 23.9 Å². The lowest BCUT2D eigenvalue weighted by Crippen LogP contribution is -2.36. The van der Waals surface area contributed by atoms with Crippen LogP contribution in [-0.2, 0) is 9.53 Å². The number of halogens is 1. The summed E-state index contributed by atoms with van der Waals surface area (Å²) in [6.07, 6.45) is 0.0727. The van der Waals surface area contributed by atoms with Crippen LogP contribution in [0.4, 0.5) is 4.39 Å². The van der Waals surface area contributed by atoms with Gasteiger partial charge in [-0.3, -0.25) is 9.59 Å². The van der Waals surface area contributed by atoms with E-state index in [2.05, 4.69) is 0 Å². The van der Waals surface area contributed by atoms with Gasteiger partial charge in [-0.05, 0) is 55.5 Å². The first-order chi connectivity index (χ1) is 13.5. The predicted octanol–water partition coefficient (Wildman–Crippen LogP) is 3.31. The summed E-state index contributed by atoms with van der Waals surface area (Å²) >= 11 is 0. The molecule has 150 valence electrons. The molecule has 0 saturated carbocycles. The molecule has 0 fully saturated rings. The number of nitrogens with zero attached hydrogens (tertiary/aromatic N) is 1. The van der Waals surface area contributed by atoms with Crippen LogP contribution < -0.4 is 9.47 Å². The fourth-order valence-corrected chi connectivity index (χ4v) is 2.49. The molecule has 0 aromatic heterocycles. The molecule has 0 bridgehead atoms. The summed E-state index contributed by atoms with van der Waals surface area (Å²) in [6, 6.07) is 12.4. The Labute approximate surface area is 163 Å². The Bertz CT molecular complexity index is 761. The van der Waals surface area contributed by atoms with Crippen LogP contribution in [0.2, 0.25) is 0 Å². The van der Waals surface area contributed by atoms with Gasteiger partial charge in [-0.2, -0.15) is 0 Å². The molecule has 0 heterocycles. The van der Waals surface area contributed by atoms with Crippen LogP contribution in [0.15, 0.2) is 48.5 Å². The molecule has 28 heavy (non-hydrogen) atoms. The average Bonchev–Trinajstić information content (AvgIpc) is 2.71. The molecular formula is C21H24FNO5. The monoisotopic (exact) mass is 389 g/mol. The van der Waals surface area contributed by atoms with Crippen molar-refractivity contribution in [1.29, 1.82) is 0 Å². The Morgan fingerprint density at radius 3 is 2.21 bits per heavy atom. The molecule has 0 radical (unpaired) electrons. The summed E-state index contributed by atoms with van der Waals surface area (Å²) in [5.41, 5.74) is 0.342. The minimum absolute atomic E-state index is 0.0727. The van der Waals surface area contributed by atoms with Crippen LogP contribution in [0, 0.1) is 5.82 Å². The molecule has 6 nitrogen and oxygen atoms in total. The van der Waals surface area contributed by atoms with Crippen LogP contribution in [0.5, 0.6) is 11.5 Å². The van der Waals surface area contributed by atoms with Gasteiger partial charge in [0, 0.05) is 12.1 Å². The van der Waals surface area contributed by atoms with E-state index in [0.717, 1.165) is 5.75 Å². The number of carbonyl (C=O) groups is 2. The third-order valence-electron chi connectivity index (χ3n) is 3.96. The standard InChI is InChI=1S/C21H24FNO5/c1-3-27-20(24)12-13-23(21(25)16-4-6-17(22)7-5-16)14-15-28-19-10-8-18(26-2)9-11-19/h4-11H,3,12-15H2,1-2H3. The van der Waals surface area contributed by atoms with Crippen molar-refractivity contribution in [3.63, 3.8) is 0 Å². The van der Waals surface area contributed by atoms with E-state index in [-0.39, 0.29) is 44.6 Å². The molecule has 2 aromatic rings. The summed E-state index contributed by atoms with van der Waals surface area (Å²) in [4.78, 5) is 25.9. The SMILES string of the molecule is CCOC(=O)CCN(CCOc1ccc(OC)cc1)C(=O)c1ccc(F)cc1. The van der Waals surface area contributed by atoms with E-state index in [9.17, 15) is 14.0 Å². The Morgan fingerprint density at radius 2 is 1.61 bits per heavy atom. The van der Waals surface area contributed by atoms with Crippen molar-refractivity contribution in [3.8, 4) is 11.5 Å². The highest BCUT2D eigenvalue weighted by Gasteiger charge is 2.17. The van der Waals surface area contributed by atoms with Gasteiger partial charge < -0.3 is 19.1 Å². The zero-order chi connectivity index (χ0) is 20.4. The number of rotatable bonds is 10. The van der Waals surface area contributed by atoms with Crippen molar-refractivity contribution in [1.82, 2.24) is 4.90 Å². The fraction of sp³-hybridized carbons (Fsp3) is 0.333. The first-order valence-electron chi connectivity index (χ1n) is 9.00. The number of benzene rings is 2. The van der Waals surface area contributed by atoms with E-state index in [4.69, 9.17) is 14.2 Å². The maximum absolute atomic E-state index is 13.1. The Hall–Kier alpha value is -3.09. The van der Waals surface area contributed by atoms with Crippen molar-refractivity contribution in [2.24, 2.45) is 0 Å². The third kappa shape index (κ3) is 6.57. The number of esters is 1. The van der Waals surface area contributed by atoms with Crippen molar-refractivity contribution in [2.75, 3.05) is 33.4 Å². The van der Waals surface area contributed by atoms with Crippen molar-refractivity contribution < 1.29 is 28.2 Å². The summed E-state index contributed by atoms with van der Waals surface area (Å²) in [5, 5.41) is 0. The maximum atomic E-state index is 13.1. The van der Waals surface area contributed by atoms with Crippen LogP contribution >= 0.6 is 0 Å². The molecule has 0 aliphatic carbocycles. The normalized spacial score (nSPS) is 10.2. The topological polar surface area (TPSA) is 65.1 Å². The quantitative estimate of drug-likeness (QED) is 0.584. The van der Waals surface area contributed by atoms with E-state index >= 15 is 0 Å². The third-order valence-corrected chi connectivity index (χ3v) is 3.96. The number of hydrogen-bond acceptors (Lipinski definition) is 5. The van der Waals surface area contributed by atoms with Crippen LogP contribution in [0.3, 0.4) is 0 Å². The molecule has 0 atom stereocenters.